The lowest BCUT2D eigenvalue weighted by atomic mass is 10.0. The van der Waals surface area contributed by atoms with E-state index in [2.05, 4.69) is 4.98 Å². The highest BCUT2D eigenvalue weighted by Crippen LogP contribution is 2.34. The second-order valence-electron chi connectivity index (χ2n) is 5.01. The van der Waals surface area contributed by atoms with Crippen LogP contribution in [0, 0.1) is 0 Å². The molecule has 1 N–H and O–H groups in total. The molecule has 1 aliphatic carbocycles. The minimum Gasteiger partial charge on any atom is -0.485 e. The number of nitrogens with zero attached hydrogens (tertiary/aromatic N) is 1. The summed E-state index contributed by atoms with van der Waals surface area (Å²) < 4.78 is 6.04. The minimum atomic E-state index is -0.365. The van der Waals surface area contributed by atoms with E-state index in [9.17, 15) is 5.11 Å². The molecular formula is C15H17NO2. The molecule has 1 aromatic heterocycles. The molecule has 1 fully saturated rings. The Morgan fingerprint density at radius 3 is 2.83 bits per heavy atom. The molecule has 94 valence electrons. The van der Waals surface area contributed by atoms with Crippen molar-refractivity contribution in [3.05, 3.63) is 36.5 Å². The average Bonchev–Trinajstić information content (AvgIpc) is 2.88. The zero-order valence-electron chi connectivity index (χ0n) is 10.3. The molecule has 2 aromatic rings. The van der Waals surface area contributed by atoms with Gasteiger partial charge in [0.2, 0.25) is 0 Å². The fraction of sp³-hybridized carbons (Fsp3) is 0.400. The van der Waals surface area contributed by atoms with Gasteiger partial charge in [0.15, 0.2) is 0 Å². The summed E-state index contributed by atoms with van der Waals surface area (Å²) in [4.78, 5) is 4.29. The van der Waals surface area contributed by atoms with Crippen LogP contribution in [0.4, 0.5) is 0 Å². The van der Waals surface area contributed by atoms with E-state index in [1.165, 1.54) is 0 Å². The number of hydrogen-bond donors (Lipinski definition) is 1. The normalized spacial score (nSPS) is 18.1. The van der Waals surface area contributed by atoms with E-state index in [0.29, 0.717) is 0 Å². The first-order chi connectivity index (χ1) is 8.81. The summed E-state index contributed by atoms with van der Waals surface area (Å²) in [7, 11) is 0. The standard InChI is InChI=1S/C15H17NO2/c17-11-15(7-1-2-8-15)18-13-5-6-14-12(10-13)4-3-9-16-14/h3-6,9-10,17H,1-2,7-8,11H2. The molecule has 0 atom stereocenters. The van der Waals surface area contributed by atoms with E-state index in [1.807, 2.05) is 30.3 Å². The van der Waals surface area contributed by atoms with E-state index in [-0.39, 0.29) is 12.2 Å². The van der Waals surface area contributed by atoms with Crippen LogP contribution in [0.3, 0.4) is 0 Å². The van der Waals surface area contributed by atoms with Crippen molar-refractivity contribution in [2.45, 2.75) is 31.3 Å². The lowest BCUT2D eigenvalue weighted by molar-refractivity contribution is 0.0153. The highest BCUT2D eigenvalue weighted by atomic mass is 16.5. The number of hydrogen-bond acceptors (Lipinski definition) is 3. The van der Waals surface area contributed by atoms with Crippen LogP contribution in [0.5, 0.6) is 5.75 Å². The third-order valence-electron chi connectivity index (χ3n) is 3.71. The van der Waals surface area contributed by atoms with Crippen LogP contribution in [0.2, 0.25) is 0 Å². The lowest BCUT2D eigenvalue weighted by Gasteiger charge is -2.28. The van der Waals surface area contributed by atoms with Crippen molar-refractivity contribution in [1.29, 1.82) is 0 Å². The van der Waals surface area contributed by atoms with Crippen LogP contribution in [-0.2, 0) is 0 Å². The zero-order valence-corrected chi connectivity index (χ0v) is 10.3. The highest BCUT2D eigenvalue weighted by Gasteiger charge is 2.35. The molecule has 0 aliphatic heterocycles. The molecule has 18 heavy (non-hydrogen) atoms. The molecule has 3 nitrogen and oxygen atoms in total. The first kappa shape index (κ1) is 11.5. The average molecular weight is 243 g/mol. The van der Waals surface area contributed by atoms with Gasteiger partial charge in [-0.05, 0) is 49.9 Å². The predicted octanol–water partition coefficient (Wildman–Crippen LogP) is 2.92. The summed E-state index contributed by atoms with van der Waals surface area (Å²) >= 11 is 0. The Morgan fingerprint density at radius 2 is 2.06 bits per heavy atom. The molecule has 3 heteroatoms. The Kier molecular flexibility index (Phi) is 2.92. The van der Waals surface area contributed by atoms with Crippen molar-refractivity contribution < 1.29 is 9.84 Å². The Labute approximate surface area is 106 Å². The first-order valence-electron chi connectivity index (χ1n) is 6.46. The van der Waals surface area contributed by atoms with E-state index in [0.717, 1.165) is 42.3 Å². The van der Waals surface area contributed by atoms with Gasteiger partial charge in [0, 0.05) is 11.6 Å². The van der Waals surface area contributed by atoms with E-state index < -0.39 is 0 Å². The monoisotopic (exact) mass is 243 g/mol. The topological polar surface area (TPSA) is 42.4 Å². The predicted molar refractivity (Wildman–Crippen MR) is 70.7 cm³/mol. The molecule has 3 rings (SSSR count). The molecule has 1 saturated carbocycles. The van der Waals surface area contributed by atoms with Crippen molar-refractivity contribution in [2.24, 2.45) is 0 Å². The molecule has 0 radical (unpaired) electrons. The van der Waals surface area contributed by atoms with Crippen LogP contribution in [-0.4, -0.2) is 22.3 Å². The molecule has 1 aromatic carbocycles. The Bertz CT molecular complexity index is 547. The minimum absolute atomic E-state index is 0.0953. The second-order valence-corrected chi connectivity index (χ2v) is 5.01. The van der Waals surface area contributed by atoms with Crippen molar-refractivity contribution in [3.8, 4) is 5.75 Å². The van der Waals surface area contributed by atoms with Crippen LogP contribution in [0.15, 0.2) is 36.5 Å². The van der Waals surface area contributed by atoms with Gasteiger partial charge in [-0.25, -0.2) is 0 Å². The number of pyridine rings is 1. The zero-order chi connectivity index (χ0) is 12.4. The van der Waals surface area contributed by atoms with Gasteiger partial charge >= 0.3 is 0 Å². The van der Waals surface area contributed by atoms with Crippen molar-refractivity contribution in [3.63, 3.8) is 0 Å². The number of aliphatic hydroxyl groups excluding tert-OH is 1. The van der Waals surface area contributed by atoms with Gasteiger partial charge in [0.05, 0.1) is 12.1 Å². The van der Waals surface area contributed by atoms with Gasteiger partial charge in [-0.1, -0.05) is 6.07 Å². The number of fused-ring (bicyclic) bond motifs is 1. The van der Waals surface area contributed by atoms with Crippen molar-refractivity contribution in [2.75, 3.05) is 6.61 Å². The van der Waals surface area contributed by atoms with Crippen LogP contribution in [0.25, 0.3) is 10.9 Å². The summed E-state index contributed by atoms with van der Waals surface area (Å²) in [5.41, 5.74) is 0.602. The quantitative estimate of drug-likeness (QED) is 0.901. The molecule has 0 amide bonds. The largest absolute Gasteiger partial charge is 0.485 e. The Balaban J connectivity index is 1.90. The number of ether oxygens (including phenoxy) is 1. The maximum Gasteiger partial charge on any atom is 0.132 e. The fourth-order valence-electron chi connectivity index (χ4n) is 2.68. The molecule has 0 saturated heterocycles. The third-order valence-corrected chi connectivity index (χ3v) is 3.71. The summed E-state index contributed by atoms with van der Waals surface area (Å²) in [6.07, 6.45) is 5.93. The highest BCUT2D eigenvalue weighted by molar-refractivity contribution is 5.79. The van der Waals surface area contributed by atoms with E-state index in [1.54, 1.807) is 6.20 Å². The number of rotatable bonds is 3. The lowest BCUT2D eigenvalue weighted by Crippen LogP contribution is -2.36. The number of benzene rings is 1. The second kappa shape index (κ2) is 4.58. The SMILES string of the molecule is OCC1(Oc2ccc3ncccc3c2)CCCC1. The summed E-state index contributed by atoms with van der Waals surface area (Å²) in [6.45, 7) is 0.0953. The van der Waals surface area contributed by atoms with Crippen molar-refractivity contribution >= 4 is 10.9 Å². The maximum atomic E-state index is 9.55. The Morgan fingerprint density at radius 1 is 1.22 bits per heavy atom. The van der Waals surface area contributed by atoms with Gasteiger partial charge in [0.1, 0.15) is 11.4 Å². The number of aromatic nitrogens is 1. The third kappa shape index (κ3) is 2.06. The molecule has 1 aliphatic rings. The fourth-order valence-corrected chi connectivity index (χ4v) is 2.68. The van der Waals surface area contributed by atoms with Crippen LogP contribution < -0.4 is 4.74 Å². The maximum absolute atomic E-state index is 9.55. The van der Waals surface area contributed by atoms with Gasteiger partial charge in [-0.2, -0.15) is 0 Å². The summed E-state index contributed by atoms with van der Waals surface area (Å²) in [5, 5.41) is 10.6. The Hall–Kier alpha value is -1.61. The van der Waals surface area contributed by atoms with Crippen molar-refractivity contribution in [1.82, 2.24) is 4.98 Å². The number of aliphatic hydroxyl groups is 1. The first-order valence-corrected chi connectivity index (χ1v) is 6.46. The molecule has 0 spiro atoms. The van der Waals surface area contributed by atoms with Gasteiger partial charge in [-0.3, -0.25) is 4.98 Å². The van der Waals surface area contributed by atoms with E-state index in [4.69, 9.17) is 4.74 Å². The van der Waals surface area contributed by atoms with Gasteiger partial charge in [0.25, 0.3) is 0 Å². The van der Waals surface area contributed by atoms with Gasteiger partial charge < -0.3 is 9.84 Å². The van der Waals surface area contributed by atoms with Crippen LogP contribution >= 0.6 is 0 Å². The molecule has 0 bridgehead atoms. The van der Waals surface area contributed by atoms with Crippen LogP contribution in [0.1, 0.15) is 25.7 Å². The molecular weight excluding hydrogens is 226 g/mol. The molecule has 0 unspecified atom stereocenters. The van der Waals surface area contributed by atoms with Gasteiger partial charge in [-0.15, -0.1) is 0 Å². The smallest absolute Gasteiger partial charge is 0.132 e. The van der Waals surface area contributed by atoms with E-state index >= 15 is 0 Å². The summed E-state index contributed by atoms with van der Waals surface area (Å²) in [5.74, 6) is 0.825. The molecule has 1 heterocycles. The summed E-state index contributed by atoms with van der Waals surface area (Å²) in [6, 6.07) is 9.84.